The number of rotatable bonds is 5. The van der Waals surface area contributed by atoms with Crippen LogP contribution in [0.3, 0.4) is 0 Å². The number of sulfone groups is 1. The Kier molecular flexibility index (Phi) is 5.14. The SMILES string of the molecule is Cc1nnc(S[C@@H](C)C(=O)N[C@@H]2CCS(=O)(=O)C2)n1-c1ccccc1. The Morgan fingerprint density at radius 2 is 2.04 bits per heavy atom. The number of para-hydroxylation sites is 1. The third-order valence-corrected chi connectivity index (χ3v) is 6.85. The van der Waals surface area contributed by atoms with Gasteiger partial charge in [0.2, 0.25) is 5.91 Å². The summed E-state index contributed by atoms with van der Waals surface area (Å²) in [5.74, 6) is 0.715. The second kappa shape index (κ2) is 7.17. The van der Waals surface area contributed by atoms with Crippen molar-refractivity contribution in [2.45, 2.75) is 36.7 Å². The van der Waals surface area contributed by atoms with Gasteiger partial charge in [-0.2, -0.15) is 0 Å². The van der Waals surface area contributed by atoms with Crippen molar-refractivity contribution in [3.05, 3.63) is 36.2 Å². The first-order valence-electron chi connectivity index (χ1n) is 8.00. The highest BCUT2D eigenvalue weighted by Crippen LogP contribution is 2.26. The Hall–Kier alpha value is -1.87. The van der Waals surface area contributed by atoms with E-state index < -0.39 is 15.1 Å². The molecule has 2 heterocycles. The van der Waals surface area contributed by atoms with Gasteiger partial charge < -0.3 is 5.32 Å². The van der Waals surface area contributed by atoms with Crippen LogP contribution in [-0.2, 0) is 14.6 Å². The number of nitrogens with zero attached hydrogens (tertiary/aromatic N) is 3. The monoisotopic (exact) mass is 380 g/mol. The summed E-state index contributed by atoms with van der Waals surface area (Å²) >= 11 is 1.31. The number of amides is 1. The average Bonchev–Trinajstić information content (AvgIpc) is 3.10. The summed E-state index contributed by atoms with van der Waals surface area (Å²) < 4.78 is 24.9. The van der Waals surface area contributed by atoms with Gasteiger partial charge in [-0.15, -0.1) is 10.2 Å². The molecule has 0 radical (unpaired) electrons. The molecule has 3 rings (SSSR count). The number of hydrogen-bond donors (Lipinski definition) is 1. The van der Waals surface area contributed by atoms with Crippen LogP contribution in [0.5, 0.6) is 0 Å². The fourth-order valence-corrected chi connectivity index (χ4v) is 5.33. The Labute approximate surface area is 151 Å². The molecular weight excluding hydrogens is 360 g/mol. The van der Waals surface area contributed by atoms with Crippen LogP contribution < -0.4 is 5.32 Å². The summed E-state index contributed by atoms with van der Waals surface area (Å²) in [6, 6.07) is 9.40. The third kappa shape index (κ3) is 4.21. The number of nitrogens with one attached hydrogen (secondary N) is 1. The maximum absolute atomic E-state index is 12.4. The highest BCUT2D eigenvalue weighted by Gasteiger charge is 2.30. The van der Waals surface area contributed by atoms with E-state index in [9.17, 15) is 13.2 Å². The van der Waals surface area contributed by atoms with Gasteiger partial charge in [-0.25, -0.2) is 8.42 Å². The first-order chi connectivity index (χ1) is 11.9. The number of hydrogen-bond acceptors (Lipinski definition) is 6. The molecule has 0 saturated carbocycles. The molecule has 0 bridgehead atoms. The fourth-order valence-electron chi connectivity index (χ4n) is 2.73. The number of thioether (sulfide) groups is 1. The Balaban J connectivity index is 1.69. The van der Waals surface area contributed by atoms with E-state index in [0.717, 1.165) is 11.5 Å². The Morgan fingerprint density at radius 1 is 1.32 bits per heavy atom. The summed E-state index contributed by atoms with van der Waals surface area (Å²) in [7, 11) is -3.01. The van der Waals surface area contributed by atoms with Crippen LogP contribution in [0.1, 0.15) is 19.2 Å². The van der Waals surface area contributed by atoms with Gasteiger partial charge in [0.15, 0.2) is 15.0 Å². The van der Waals surface area contributed by atoms with Crippen LogP contribution in [0.25, 0.3) is 5.69 Å². The molecule has 0 spiro atoms. The van der Waals surface area contributed by atoms with Crippen LogP contribution >= 0.6 is 11.8 Å². The van der Waals surface area contributed by atoms with Crippen LogP contribution in [0.15, 0.2) is 35.5 Å². The minimum atomic E-state index is -3.01. The molecule has 2 atom stereocenters. The second-order valence-electron chi connectivity index (χ2n) is 6.07. The quantitative estimate of drug-likeness (QED) is 0.787. The highest BCUT2D eigenvalue weighted by atomic mass is 32.2. The highest BCUT2D eigenvalue weighted by molar-refractivity contribution is 8.00. The van der Waals surface area contributed by atoms with Gasteiger partial charge >= 0.3 is 0 Å². The molecule has 134 valence electrons. The van der Waals surface area contributed by atoms with E-state index in [2.05, 4.69) is 15.5 Å². The zero-order valence-corrected chi connectivity index (χ0v) is 15.7. The molecule has 1 aliphatic rings. The molecule has 1 fully saturated rings. The van der Waals surface area contributed by atoms with Crippen molar-refractivity contribution in [1.29, 1.82) is 0 Å². The van der Waals surface area contributed by atoms with E-state index in [1.807, 2.05) is 41.8 Å². The number of aryl methyl sites for hydroxylation is 1. The van der Waals surface area contributed by atoms with E-state index in [1.165, 1.54) is 11.8 Å². The zero-order valence-electron chi connectivity index (χ0n) is 14.0. The molecule has 7 nitrogen and oxygen atoms in total. The molecule has 1 amide bonds. The van der Waals surface area contributed by atoms with Crippen molar-refractivity contribution in [3.63, 3.8) is 0 Å². The molecule has 9 heteroatoms. The van der Waals surface area contributed by atoms with Gasteiger partial charge in [0, 0.05) is 11.7 Å². The van der Waals surface area contributed by atoms with Gasteiger partial charge in [-0.1, -0.05) is 30.0 Å². The number of carbonyl (C=O) groups is 1. The molecule has 0 unspecified atom stereocenters. The summed E-state index contributed by atoms with van der Waals surface area (Å²) in [5, 5.41) is 11.3. The van der Waals surface area contributed by atoms with Crippen molar-refractivity contribution in [1.82, 2.24) is 20.1 Å². The predicted molar refractivity (Wildman–Crippen MR) is 96.6 cm³/mol. The van der Waals surface area contributed by atoms with Crippen molar-refractivity contribution in [2.24, 2.45) is 0 Å². The van der Waals surface area contributed by atoms with Gasteiger partial charge in [-0.3, -0.25) is 9.36 Å². The summed E-state index contributed by atoms with van der Waals surface area (Å²) in [4.78, 5) is 12.4. The minimum absolute atomic E-state index is 0.0232. The average molecular weight is 380 g/mol. The first-order valence-corrected chi connectivity index (χ1v) is 10.7. The lowest BCUT2D eigenvalue weighted by Crippen LogP contribution is -2.40. The second-order valence-corrected chi connectivity index (χ2v) is 9.61. The van der Waals surface area contributed by atoms with E-state index in [4.69, 9.17) is 0 Å². The molecule has 1 aliphatic heterocycles. The molecule has 1 saturated heterocycles. The van der Waals surface area contributed by atoms with Gasteiger partial charge in [0.25, 0.3) is 0 Å². The fraction of sp³-hybridized carbons (Fsp3) is 0.438. The molecule has 1 aromatic heterocycles. The Bertz CT molecular complexity index is 865. The number of carbonyl (C=O) groups excluding carboxylic acids is 1. The molecule has 25 heavy (non-hydrogen) atoms. The van der Waals surface area contributed by atoms with E-state index >= 15 is 0 Å². The van der Waals surface area contributed by atoms with Crippen molar-refractivity contribution in [3.8, 4) is 5.69 Å². The van der Waals surface area contributed by atoms with Crippen LogP contribution in [0, 0.1) is 6.92 Å². The van der Waals surface area contributed by atoms with E-state index in [-0.39, 0.29) is 23.5 Å². The van der Waals surface area contributed by atoms with Crippen molar-refractivity contribution in [2.75, 3.05) is 11.5 Å². The zero-order chi connectivity index (χ0) is 18.0. The van der Waals surface area contributed by atoms with Crippen LogP contribution in [-0.4, -0.2) is 51.9 Å². The van der Waals surface area contributed by atoms with Gasteiger partial charge in [0.05, 0.1) is 16.8 Å². The van der Waals surface area contributed by atoms with Crippen molar-refractivity contribution < 1.29 is 13.2 Å². The maximum Gasteiger partial charge on any atom is 0.233 e. The number of benzene rings is 1. The van der Waals surface area contributed by atoms with Crippen LogP contribution in [0.4, 0.5) is 0 Å². The van der Waals surface area contributed by atoms with Crippen LogP contribution in [0.2, 0.25) is 0 Å². The smallest absolute Gasteiger partial charge is 0.233 e. The van der Waals surface area contributed by atoms with Gasteiger partial charge in [0.1, 0.15) is 5.82 Å². The molecule has 0 aliphatic carbocycles. The standard InChI is InChI=1S/C16H20N4O3S2/c1-11(15(21)17-13-8-9-25(22,23)10-13)24-16-19-18-12(2)20(16)14-6-4-3-5-7-14/h3-7,11,13H,8-10H2,1-2H3,(H,17,21)/t11-,13+/m0/s1. The third-order valence-electron chi connectivity index (χ3n) is 4.04. The maximum atomic E-state index is 12.4. The first kappa shape index (κ1) is 17.9. The lowest BCUT2D eigenvalue weighted by molar-refractivity contribution is -0.120. The lowest BCUT2D eigenvalue weighted by Gasteiger charge is -2.16. The summed E-state index contributed by atoms with van der Waals surface area (Å²) in [6.45, 7) is 3.64. The minimum Gasteiger partial charge on any atom is -0.351 e. The molecule has 1 aromatic carbocycles. The Morgan fingerprint density at radius 3 is 2.68 bits per heavy atom. The largest absolute Gasteiger partial charge is 0.351 e. The van der Waals surface area contributed by atoms with E-state index in [0.29, 0.717) is 11.6 Å². The lowest BCUT2D eigenvalue weighted by atomic mass is 10.2. The topological polar surface area (TPSA) is 94.0 Å². The van der Waals surface area contributed by atoms with Gasteiger partial charge in [-0.05, 0) is 32.4 Å². The number of aromatic nitrogens is 3. The van der Waals surface area contributed by atoms with E-state index in [1.54, 1.807) is 6.92 Å². The molecule has 1 N–H and O–H groups in total. The normalized spacial score (nSPS) is 20.3. The molecular formula is C16H20N4O3S2. The predicted octanol–water partition coefficient (Wildman–Crippen LogP) is 1.36. The molecule has 2 aromatic rings. The summed E-state index contributed by atoms with van der Waals surface area (Å²) in [6.07, 6.45) is 0.477. The van der Waals surface area contributed by atoms with Crippen molar-refractivity contribution >= 4 is 27.5 Å². The summed E-state index contributed by atoms with van der Waals surface area (Å²) in [5.41, 5.74) is 0.932.